The van der Waals surface area contributed by atoms with Crippen LogP contribution in [0.5, 0.6) is 0 Å². The molecular formula is C15H15N3O3. The van der Waals surface area contributed by atoms with Crippen LogP contribution in [0.2, 0.25) is 0 Å². The number of nitrogens with zero attached hydrogens (tertiary/aromatic N) is 2. The number of carbonyl (C=O) groups excluding carboxylic acids is 1. The maximum atomic E-state index is 12.4. The van der Waals surface area contributed by atoms with E-state index >= 15 is 0 Å². The standard InChI is InChI=1S/C15H15N3O3/c1-10-3-5-11(6-4-10)17(2)15(19)13-9-12(18(20)21)7-8-14(13)16/h3-9H,16H2,1-2H3. The van der Waals surface area contributed by atoms with Crippen molar-refractivity contribution in [2.75, 3.05) is 17.7 Å². The number of amides is 1. The van der Waals surface area contributed by atoms with E-state index in [-0.39, 0.29) is 22.8 Å². The molecule has 2 aromatic rings. The highest BCUT2D eigenvalue weighted by Crippen LogP contribution is 2.23. The van der Waals surface area contributed by atoms with E-state index in [1.165, 1.54) is 23.1 Å². The van der Waals surface area contributed by atoms with Crippen molar-refractivity contribution in [2.45, 2.75) is 6.92 Å². The molecule has 0 spiro atoms. The van der Waals surface area contributed by atoms with E-state index in [0.717, 1.165) is 5.56 Å². The number of carbonyl (C=O) groups is 1. The number of benzene rings is 2. The zero-order valence-corrected chi connectivity index (χ0v) is 11.7. The van der Waals surface area contributed by atoms with E-state index < -0.39 is 4.92 Å². The van der Waals surface area contributed by atoms with Gasteiger partial charge in [-0.1, -0.05) is 17.7 Å². The van der Waals surface area contributed by atoms with Gasteiger partial charge in [-0.2, -0.15) is 0 Å². The van der Waals surface area contributed by atoms with E-state index in [1.807, 2.05) is 19.1 Å². The third-order valence-electron chi connectivity index (χ3n) is 3.20. The van der Waals surface area contributed by atoms with Crippen LogP contribution in [0, 0.1) is 17.0 Å². The second-order valence-corrected chi connectivity index (χ2v) is 4.73. The van der Waals surface area contributed by atoms with E-state index in [2.05, 4.69) is 0 Å². The number of nitro benzene ring substituents is 1. The summed E-state index contributed by atoms with van der Waals surface area (Å²) < 4.78 is 0. The van der Waals surface area contributed by atoms with Gasteiger partial charge in [-0.3, -0.25) is 14.9 Å². The van der Waals surface area contributed by atoms with Crippen LogP contribution in [0.25, 0.3) is 0 Å². The summed E-state index contributed by atoms with van der Waals surface area (Å²) >= 11 is 0. The van der Waals surface area contributed by atoms with Crippen LogP contribution in [-0.2, 0) is 0 Å². The van der Waals surface area contributed by atoms with E-state index in [9.17, 15) is 14.9 Å². The Bertz CT molecular complexity index is 696. The second-order valence-electron chi connectivity index (χ2n) is 4.73. The van der Waals surface area contributed by atoms with Crippen molar-refractivity contribution >= 4 is 23.0 Å². The smallest absolute Gasteiger partial charge is 0.270 e. The van der Waals surface area contributed by atoms with Crippen molar-refractivity contribution in [1.82, 2.24) is 0 Å². The molecule has 0 saturated carbocycles. The van der Waals surface area contributed by atoms with Gasteiger partial charge in [0.25, 0.3) is 11.6 Å². The SMILES string of the molecule is Cc1ccc(N(C)C(=O)c2cc([N+](=O)[O-])ccc2N)cc1. The van der Waals surface area contributed by atoms with E-state index in [4.69, 9.17) is 5.73 Å². The van der Waals surface area contributed by atoms with Crippen molar-refractivity contribution in [1.29, 1.82) is 0 Å². The topological polar surface area (TPSA) is 89.5 Å². The average Bonchev–Trinajstić information content (AvgIpc) is 2.47. The minimum atomic E-state index is -0.553. The van der Waals surface area contributed by atoms with Crippen molar-refractivity contribution in [3.05, 3.63) is 63.7 Å². The van der Waals surface area contributed by atoms with E-state index in [1.54, 1.807) is 19.2 Å². The highest BCUT2D eigenvalue weighted by atomic mass is 16.6. The fourth-order valence-corrected chi connectivity index (χ4v) is 1.91. The minimum absolute atomic E-state index is 0.118. The van der Waals surface area contributed by atoms with Crippen LogP contribution in [0.3, 0.4) is 0 Å². The van der Waals surface area contributed by atoms with Gasteiger partial charge < -0.3 is 10.6 Å². The molecule has 2 rings (SSSR count). The molecule has 0 aliphatic rings. The molecule has 0 aromatic heterocycles. The molecule has 0 aliphatic heterocycles. The summed E-state index contributed by atoms with van der Waals surface area (Å²) in [5, 5.41) is 10.8. The number of non-ortho nitro benzene ring substituents is 1. The monoisotopic (exact) mass is 285 g/mol. The molecule has 0 saturated heterocycles. The second kappa shape index (κ2) is 5.62. The van der Waals surface area contributed by atoms with Gasteiger partial charge in [0.05, 0.1) is 10.5 Å². The van der Waals surface area contributed by atoms with Crippen LogP contribution < -0.4 is 10.6 Å². The van der Waals surface area contributed by atoms with Gasteiger partial charge in [0, 0.05) is 30.6 Å². The molecular weight excluding hydrogens is 270 g/mol. The fraction of sp³-hybridized carbons (Fsp3) is 0.133. The molecule has 0 atom stereocenters. The highest BCUT2D eigenvalue weighted by molar-refractivity contribution is 6.09. The molecule has 0 radical (unpaired) electrons. The molecule has 0 unspecified atom stereocenters. The third-order valence-corrected chi connectivity index (χ3v) is 3.20. The first kappa shape index (κ1) is 14.5. The quantitative estimate of drug-likeness (QED) is 0.533. The van der Waals surface area contributed by atoms with Gasteiger partial charge >= 0.3 is 0 Å². The lowest BCUT2D eigenvalue weighted by Gasteiger charge is -2.18. The number of anilines is 2. The number of nitrogens with two attached hydrogens (primary N) is 1. The first-order chi connectivity index (χ1) is 9.90. The third kappa shape index (κ3) is 3.00. The van der Waals surface area contributed by atoms with Gasteiger partial charge in [0.2, 0.25) is 0 Å². The van der Waals surface area contributed by atoms with Gasteiger partial charge in [-0.25, -0.2) is 0 Å². The Morgan fingerprint density at radius 2 is 1.81 bits per heavy atom. The zero-order valence-electron chi connectivity index (χ0n) is 11.7. The number of hydrogen-bond donors (Lipinski definition) is 1. The summed E-state index contributed by atoms with van der Waals surface area (Å²) in [6, 6.07) is 11.2. The summed E-state index contributed by atoms with van der Waals surface area (Å²) in [6.07, 6.45) is 0. The first-order valence-electron chi connectivity index (χ1n) is 6.29. The van der Waals surface area contributed by atoms with E-state index in [0.29, 0.717) is 5.69 Å². The molecule has 0 bridgehead atoms. The van der Waals surface area contributed by atoms with Crippen LogP contribution in [-0.4, -0.2) is 17.9 Å². The Morgan fingerprint density at radius 1 is 1.19 bits per heavy atom. The highest BCUT2D eigenvalue weighted by Gasteiger charge is 2.19. The lowest BCUT2D eigenvalue weighted by molar-refractivity contribution is -0.384. The largest absolute Gasteiger partial charge is 0.398 e. The molecule has 0 fully saturated rings. The molecule has 6 nitrogen and oxygen atoms in total. The van der Waals surface area contributed by atoms with Gasteiger partial charge in [-0.05, 0) is 25.1 Å². The summed E-state index contributed by atoms with van der Waals surface area (Å²) in [4.78, 5) is 24.1. The summed E-state index contributed by atoms with van der Waals surface area (Å²) in [5.41, 5.74) is 7.70. The first-order valence-corrected chi connectivity index (χ1v) is 6.29. The van der Waals surface area contributed by atoms with Crippen LogP contribution in [0.15, 0.2) is 42.5 Å². The molecule has 21 heavy (non-hydrogen) atoms. The number of aryl methyl sites for hydroxylation is 1. The summed E-state index contributed by atoms with van der Waals surface area (Å²) in [7, 11) is 1.60. The molecule has 6 heteroatoms. The predicted octanol–water partition coefficient (Wildman–Crippen LogP) is 2.76. The lowest BCUT2D eigenvalue weighted by atomic mass is 10.1. The van der Waals surface area contributed by atoms with Gasteiger partial charge in [0.1, 0.15) is 0 Å². The minimum Gasteiger partial charge on any atom is -0.398 e. The lowest BCUT2D eigenvalue weighted by Crippen LogP contribution is -2.27. The molecule has 108 valence electrons. The molecule has 0 aliphatic carbocycles. The molecule has 1 amide bonds. The Hall–Kier alpha value is -2.89. The summed E-state index contributed by atoms with van der Waals surface area (Å²) in [6.45, 7) is 1.95. The maximum Gasteiger partial charge on any atom is 0.270 e. The Balaban J connectivity index is 2.37. The molecule has 2 aromatic carbocycles. The fourth-order valence-electron chi connectivity index (χ4n) is 1.91. The Kier molecular flexibility index (Phi) is 3.89. The van der Waals surface area contributed by atoms with Crippen LogP contribution in [0.1, 0.15) is 15.9 Å². The van der Waals surface area contributed by atoms with Gasteiger partial charge in [-0.15, -0.1) is 0 Å². The predicted molar refractivity (Wildman–Crippen MR) is 81.4 cm³/mol. The Labute approximate surface area is 121 Å². The van der Waals surface area contributed by atoms with Crippen molar-refractivity contribution in [2.24, 2.45) is 0 Å². The Morgan fingerprint density at radius 3 is 2.38 bits per heavy atom. The number of nitro groups is 1. The van der Waals surface area contributed by atoms with Gasteiger partial charge in [0.15, 0.2) is 0 Å². The normalized spacial score (nSPS) is 10.2. The maximum absolute atomic E-state index is 12.4. The zero-order chi connectivity index (χ0) is 15.6. The van der Waals surface area contributed by atoms with Crippen LogP contribution in [0.4, 0.5) is 17.1 Å². The van der Waals surface area contributed by atoms with Crippen molar-refractivity contribution < 1.29 is 9.72 Å². The molecule has 0 heterocycles. The number of hydrogen-bond acceptors (Lipinski definition) is 4. The molecule has 2 N–H and O–H groups in total. The number of nitrogen functional groups attached to an aromatic ring is 1. The average molecular weight is 285 g/mol. The van der Waals surface area contributed by atoms with Crippen LogP contribution >= 0.6 is 0 Å². The number of rotatable bonds is 3. The van der Waals surface area contributed by atoms with Crippen molar-refractivity contribution in [3.63, 3.8) is 0 Å². The van der Waals surface area contributed by atoms with Crippen molar-refractivity contribution in [3.8, 4) is 0 Å². The summed E-state index contributed by atoms with van der Waals surface area (Å²) in [5.74, 6) is -0.389.